The Morgan fingerprint density at radius 1 is 1.44 bits per heavy atom. The molecule has 1 N–H and O–H groups in total. The van der Waals surface area contributed by atoms with Gasteiger partial charge < -0.3 is 14.8 Å². The van der Waals surface area contributed by atoms with Gasteiger partial charge in [0.15, 0.2) is 0 Å². The van der Waals surface area contributed by atoms with Crippen molar-refractivity contribution < 1.29 is 9.47 Å². The van der Waals surface area contributed by atoms with Crippen LogP contribution >= 0.6 is 11.6 Å². The lowest BCUT2D eigenvalue weighted by Gasteiger charge is -2.29. The van der Waals surface area contributed by atoms with E-state index >= 15 is 0 Å². The van der Waals surface area contributed by atoms with Gasteiger partial charge in [-0.2, -0.15) is 0 Å². The van der Waals surface area contributed by atoms with Crippen LogP contribution in [0.3, 0.4) is 0 Å². The molecule has 16 heavy (non-hydrogen) atoms. The van der Waals surface area contributed by atoms with Crippen LogP contribution in [0.25, 0.3) is 0 Å². The third kappa shape index (κ3) is 2.48. The van der Waals surface area contributed by atoms with Gasteiger partial charge in [0.2, 0.25) is 0 Å². The zero-order valence-electron chi connectivity index (χ0n) is 9.50. The van der Waals surface area contributed by atoms with E-state index in [1.165, 1.54) is 0 Å². The maximum absolute atomic E-state index is 6.09. The summed E-state index contributed by atoms with van der Waals surface area (Å²) < 4.78 is 10.6. The predicted octanol–water partition coefficient (Wildman–Crippen LogP) is 2.40. The van der Waals surface area contributed by atoms with E-state index in [0.29, 0.717) is 23.4 Å². The number of nitrogens with one attached hydrogen (secondary N) is 1. The van der Waals surface area contributed by atoms with Crippen molar-refractivity contribution in [2.45, 2.75) is 19.0 Å². The van der Waals surface area contributed by atoms with Crippen molar-refractivity contribution >= 4 is 11.6 Å². The summed E-state index contributed by atoms with van der Waals surface area (Å²) in [5.41, 5.74) is 1.14. The molecule has 1 saturated heterocycles. The maximum atomic E-state index is 6.09. The number of ether oxygens (including phenoxy) is 2. The first kappa shape index (κ1) is 11.7. The number of hydrogen-bond donors (Lipinski definition) is 1. The van der Waals surface area contributed by atoms with Gasteiger partial charge in [-0.1, -0.05) is 17.7 Å². The van der Waals surface area contributed by atoms with E-state index in [4.69, 9.17) is 21.1 Å². The first-order chi connectivity index (χ1) is 7.70. The quantitative estimate of drug-likeness (QED) is 0.863. The van der Waals surface area contributed by atoms with Gasteiger partial charge in [-0.3, -0.25) is 0 Å². The summed E-state index contributed by atoms with van der Waals surface area (Å²) in [5, 5.41) is 4.11. The minimum Gasteiger partial charge on any atom is -0.495 e. The van der Waals surface area contributed by atoms with Crippen molar-refractivity contribution in [3.8, 4) is 5.75 Å². The molecule has 0 aromatic heterocycles. The van der Waals surface area contributed by atoms with E-state index in [2.05, 4.69) is 12.2 Å². The molecule has 2 atom stereocenters. The van der Waals surface area contributed by atoms with Crippen LogP contribution in [0, 0.1) is 0 Å². The smallest absolute Gasteiger partial charge is 0.137 e. The van der Waals surface area contributed by atoms with Crippen LogP contribution in [0.15, 0.2) is 18.2 Å². The fraction of sp³-hybridized carbons (Fsp3) is 0.500. The van der Waals surface area contributed by atoms with Gasteiger partial charge in [0.25, 0.3) is 0 Å². The molecule has 2 unspecified atom stereocenters. The predicted molar refractivity (Wildman–Crippen MR) is 64.2 cm³/mol. The van der Waals surface area contributed by atoms with Crippen molar-refractivity contribution in [3.63, 3.8) is 0 Å². The molecule has 2 rings (SSSR count). The van der Waals surface area contributed by atoms with Gasteiger partial charge in [0.05, 0.1) is 31.4 Å². The topological polar surface area (TPSA) is 30.5 Å². The molecule has 0 aliphatic carbocycles. The van der Waals surface area contributed by atoms with Crippen LogP contribution < -0.4 is 10.1 Å². The number of methoxy groups -OCH3 is 1. The molecular formula is C12H16ClNO2. The molecule has 1 aromatic carbocycles. The molecule has 3 nitrogen and oxygen atoms in total. The van der Waals surface area contributed by atoms with Crippen LogP contribution in [-0.4, -0.2) is 26.4 Å². The van der Waals surface area contributed by atoms with Crippen LogP contribution in [-0.2, 0) is 4.74 Å². The summed E-state index contributed by atoms with van der Waals surface area (Å²) in [6, 6.07) is 6.42. The lowest BCUT2D eigenvalue weighted by atomic mass is 10.1. The van der Waals surface area contributed by atoms with Crippen LogP contribution in [0.2, 0.25) is 5.02 Å². The van der Waals surface area contributed by atoms with Gasteiger partial charge in [0, 0.05) is 6.04 Å². The fourth-order valence-corrected chi connectivity index (χ4v) is 2.16. The van der Waals surface area contributed by atoms with Gasteiger partial charge in [-0.15, -0.1) is 0 Å². The zero-order chi connectivity index (χ0) is 11.5. The molecule has 0 radical (unpaired) electrons. The molecule has 1 aliphatic rings. The molecule has 1 aliphatic heterocycles. The van der Waals surface area contributed by atoms with Crippen LogP contribution in [0.1, 0.15) is 18.5 Å². The highest BCUT2D eigenvalue weighted by Gasteiger charge is 2.20. The van der Waals surface area contributed by atoms with Gasteiger partial charge in [-0.25, -0.2) is 0 Å². The highest BCUT2D eigenvalue weighted by Crippen LogP contribution is 2.28. The number of halogens is 1. The van der Waals surface area contributed by atoms with Crippen molar-refractivity contribution in [1.82, 2.24) is 5.32 Å². The Balaban J connectivity index is 2.17. The van der Waals surface area contributed by atoms with Gasteiger partial charge >= 0.3 is 0 Å². The van der Waals surface area contributed by atoms with Crippen molar-refractivity contribution in [2.75, 3.05) is 20.3 Å². The third-order valence-electron chi connectivity index (χ3n) is 2.72. The summed E-state index contributed by atoms with van der Waals surface area (Å²) in [4.78, 5) is 0. The Kier molecular flexibility index (Phi) is 3.69. The highest BCUT2D eigenvalue weighted by molar-refractivity contribution is 6.32. The molecule has 0 bridgehead atoms. The molecule has 1 heterocycles. The number of benzene rings is 1. The van der Waals surface area contributed by atoms with Crippen molar-refractivity contribution in [2.24, 2.45) is 0 Å². The third-order valence-corrected chi connectivity index (χ3v) is 3.01. The van der Waals surface area contributed by atoms with E-state index in [1.807, 2.05) is 18.2 Å². The second-order valence-electron chi connectivity index (χ2n) is 4.05. The zero-order valence-corrected chi connectivity index (χ0v) is 10.3. The minimum absolute atomic E-state index is 0.215. The van der Waals surface area contributed by atoms with E-state index in [-0.39, 0.29) is 6.04 Å². The Morgan fingerprint density at radius 2 is 2.25 bits per heavy atom. The second kappa shape index (κ2) is 5.04. The standard InChI is InChI=1S/C12H16ClNO2/c1-8-6-16-7-11(14-8)9-3-4-12(15-2)10(13)5-9/h3-5,8,11,14H,6-7H2,1-2H3. The van der Waals surface area contributed by atoms with E-state index in [0.717, 1.165) is 12.2 Å². The molecule has 0 amide bonds. The molecule has 0 saturated carbocycles. The first-order valence-corrected chi connectivity index (χ1v) is 5.75. The largest absolute Gasteiger partial charge is 0.495 e. The summed E-state index contributed by atoms with van der Waals surface area (Å²) >= 11 is 6.09. The summed E-state index contributed by atoms with van der Waals surface area (Å²) in [7, 11) is 1.62. The van der Waals surface area contributed by atoms with Gasteiger partial charge in [0.1, 0.15) is 5.75 Å². The molecule has 4 heteroatoms. The SMILES string of the molecule is COc1ccc(C2COCC(C)N2)cc1Cl. The number of rotatable bonds is 2. The van der Waals surface area contributed by atoms with Crippen LogP contribution in [0.4, 0.5) is 0 Å². The fourth-order valence-electron chi connectivity index (χ4n) is 1.89. The normalized spacial score (nSPS) is 25.4. The average molecular weight is 242 g/mol. The first-order valence-electron chi connectivity index (χ1n) is 5.38. The minimum atomic E-state index is 0.215. The number of morpholine rings is 1. The monoisotopic (exact) mass is 241 g/mol. The molecule has 1 aromatic rings. The lowest BCUT2D eigenvalue weighted by molar-refractivity contribution is 0.0504. The second-order valence-corrected chi connectivity index (χ2v) is 4.46. The molecule has 88 valence electrons. The Morgan fingerprint density at radius 3 is 2.88 bits per heavy atom. The average Bonchev–Trinajstić information content (AvgIpc) is 2.29. The van der Waals surface area contributed by atoms with Gasteiger partial charge in [-0.05, 0) is 24.6 Å². The highest BCUT2D eigenvalue weighted by atomic mass is 35.5. The molecular weight excluding hydrogens is 226 g/mol. The van der Waals surface area contributed by atoms with E-state index < -0.39 is 0 Å². The van der Waals surface area contributed by atoms with Crippen molar-refractivity contribution in [3.05, 3.63) is 28.8 Å². The Bertz CT molecular complexity index is 370. The van der Waals surface area contributed by atoms with Crippen LogP contribution in [0.5, 0.6) is 5.75 Å². The summed E-state index contributed by atoms with van der Waals surface area (Å²) in [5.74, 6) is 0.704. The molecule has 0 spiro atoms. The Labute approximate surface area is 101 Å². The summed E-state index contributed by atoms with van der Waals surface area (Å²) in [6.45, 7) is 3.56. The number of hydrogen-bond acceptors (Lipinski definition) is 3. The Hall–Kier alpha value is -0.770. The maximum Gasteiger partial charge on any atom is 0.137 e. The van der Waals surface area contributed by atoms with E-state index in [1.54, 1.807) is 7.11 Å². The molecule has 1 fully saturated rings. The summed E-state index contributed by atoms with van der Waals surface area (Å²) in [6.07, 6.45) is 0. The van der Waals surface area contributed by atoms with E-state index in [9.17, 15) is 0 Å². The lowest BCUT2D eigenvalue weighted by Crippen LogP contribution is -2.41. The van der Waals surface area contributed by atoms with Crippen molar-refractivity contribution in [1.29, 1.82) is 0 Å².